The van der Waals surface area contributed by atoms with E-state index in [0.717, 1.165) is 11.0 Å². The van der Waals surface area contributed by atoms with Crippen LogP contribution >= 0.6 is 0 Å². The highest BCUT2D eigenvalue weighted by Crippen LogP contribution is 2.24. The molecule has 0 bridgehead atoms. The Hall–Kier alpha value is -2.90. The van der Waals surface area contributed by atoms with Gasteiger partial charge in [0.2, 0.25) is 6.41 Å². The number of hydrogen-bond acceptors (Lipinski definition) is 6. The molecule has 0 atom stereocenters. The van der Waals surface area contributed by atoms with Crippen LogP contribution < -0.4 is 11.1 Å². The Balaban J connectivity index is 0.000000236. The lowest BCUT2D eigenvalue weighted by Gasteiger charge is -2.15. The largest absolute Gasteiger partial charge is 0.379 e. The minimum absolute atomic E-state index is 0.0677. The van der Waals surface area contributed by atoms with E-state index >= 15 is 0 Å². The van der Waals surface area contributed by atoms with Gasteiger partial charge in [0.15, 0.2) is 17.3 Å². The lowest BCUT2D eigenvalue weighted by atomic mass is 10.1. The van der Waals surface area contributed by atoms with Crippen molar-refractivity contribution in [2.45, 2.75) is 26.3 Å². The topological polar surface area (TPSA) is 112 Å². The van der Waals surface area contributed by atoms with Crippen LogP contribution in [0, 0.1) is 0 Å². The highest BCUT2D eigenvalue weighted by Gasteiger charge is 2.16. The van der Waals surface area contributed by atoms with E-state index in [4.69, 9.17) is 5.73 Å². The van der Waals surface area contributed by atoms with Gasteiger partial charge in [-0.15, -0.1) is 0 Å². The predicted octanol–water partition coefficient (Wildman–Crippen LogP) is 1.74. The summed E-state index contributed by atoms with van der Waals surface area (Å²) in [7, 11) is 1.90. The molecule has 0 aliphatic rings. The maximum Gasteiger partial charge on any atom is 0.207 e. The van der Waals surface area contributed by atoms with E-state index in [-0.39, 0.29) is 11.4 Å². The molecule has 2 aromatic heterocycles. The minimum atomic E-state index is -0.0677. The molecule has 0 saturated heterocycles. The van der Waals surface area contributed by atoms with Gasteiger partial charge in [0.1, 0.15) is 0 Å². The van der Waals surface area contributed by atoms with E-state index in [2.05, 4.69) is 25.2 Å². The number of aromatic nitrogens is 4. The highest BCUT2D eigenvalue weighted by molar-refractivity contribution is 5.81. The van der Waals surface area contributed by atoms with E-state index in [1.165, 1.54) is 0 Å². The Bertz CT molecular complexity index is 800. The molecule has 0 aliphatic heterocycles. The molecule has 8 nitrogen and oxygen atoms in total. The quantitative estimate of drug-likeness (QED) is 0.696. The van der Waals surface area contributed by atoms with Crippen molar-refractivity contribution in [2.75, 3.05) is 5.73 Å². The standard InChI is InChI=1S/C10H9N5O.C5H11NO/c1-15-7-5-3-2-4-6(7)12-10(15)8-9(11)14-16-13-8;1-5(2,3)6-4-7/h2-5H,1H3,(H2,11,14);4H,1-3H3,(H,6,7). The third kappa shape index (κ3) is 3.85. The second-order valence-corrected chi connectivity index (χ2v) is 5.99. The molecule has 8 heteroatoms. The number of nitrogens with zero attached hydrogens (tertiary/aromatic N) is 4. The van der Waals surface area contributed by atoms with Crippen molar-refractivity contribution < 1.29 is 9.42 Å². The minimum Gasteiger partial charge on any atom is -0.379 e. The number of fused-ring (bicyclic) bond motifs is 1. The first-order valence-corrected chi connectivity index (χ1v) is 7.04. The van der Waals surface area contributed by atoms with E-state index in [1.807, 2.05) is 56.7 Å². The molecular formula is C15H20N6O2. The monoisotopic (exact) mass is 316 g/mol. The molecule has 1 amide bonds. The Morgan fingerprint density at radius 2 is 1.96 bits per heavy atom. The van der Waals surface area contributed by atoms with Crippen LogP contribution in [0.3, 0.4) is 0 Å². The fourth-order valence-electron chi connectivity index (χ4n) is 1.88. The summed E-state index contributed by atoms with van der Waals surface area (Å²) in [5.41, 5.74) is 7.95. The molecule has 1 aromatic carbocycles. The summed E-state index contributed by atoms with van der Waals surface area (Å²) in [6.07, 6.45) is 0.708. The molecule has 0 radical (unpaired) electrons. The van der Waals surface area contributed by atoms with E-state index < -0.39 is 0 Å². The number of nitrogen functional groups attached to an aromatic ring is 1. The van der Waals surface area contributed by atoms with Crippen LogP contribution in [0.2, 0.25) is 0 Å². The SMILES string of the molecule is CC(C)(C)NC=O.Cn1c(-c2nonc2N)nc2ccccc21. The van der Waals surface area contributed by atoms with Gasteiger partial charge in [0.05, 0.1) is 11.0 Å². The van der Waals surface area contributed by atoms with Crippen LogP contribution in [0.1, 0.15) is 20.8 Å². The zero-order valence-corrected chi connectivity index (χ0v) is 13.6. The molecule has 3 rings (SSSR count). The second-order valence-electron chi connectivity index (χ2n) is 5.99. The number of imidazole rings is 1. The van der Waals surface area contributed by atoms with Crippen molar-refractivity contribution in [3.8, 4) is 11.5 Å². The fraction of sp³-hybridized carbons (Fsp3) is 0.333. The Labute approximate surface area is 133 Å². The van der Waals surface area contributed by atoms with Crippen LogP contribution in [0.15, 0.2) is 28.9 Å². The molecule has 0 aliphatic carbocycles. The second kappa shape index (κ2) is 6.47. The zero-order valence-electron chi connectivity index (χ0n) is 13.6. The summed E-state index contributed by atoms with van der Waals surface area (Å²) in [4.78, 5) is 14.1. The molecule has 0 saturated carbocycles. The normalized spacial score (nSPS) is 11.0. The summed E-state index contributed by atoms with van der Waals surface area (Å²) >= 11 is 0. The first-order chi connectivity index (χ1) is 10.8. The third-order valence-electron chi connectivity index (χ3n) is 3.00. The number of carbonyl (C=O) groups is 1. The van der Waals surface area contributed by atoms with Crippen molar-refractivity contribution in [1.82, 2.24) is 25.2 Å². The first kappa shape index (κ1) is 16.5. The van der Waals surface area contributed by atoms with Crippen molar-refractivity contribution in [1.29, 1.82) is 0 Å². The van der Waals surface area contributed by atoms with Gasteiger partial charge in [-0.1, -0.05) is 12.1 Å². The summed E-state index contributed by atoms with van der Waals surface area (Å²) < 4.78 is 6.48. The summed E-state index contributed by atoms with van der Waals surface area (Å²) in [6, 6.07) is 7.81. The number of amides is 1. The number of aryl methyl sites for hydroxylation is 1. The Morgan fingerprint density at radius 3 is 2.43 bits per heavy atom. The lowest BCUT2D eigenvalue weighted by Crippen LogP contribution is -2.34. The molecule has 2 heterocycles. The van der Waals surface area contributed by atoms with Crippen LogP contribution in [-0.2, 0) is 11.8 Å². The molecule has 0 spiro atoms. The van der Waals surface area contributed by atoms with Gasteiger partial charge in [-0.25, -0.2) is 9.61 Å². The van der Waals surface area contributed by atoms with Gasteiger partial charge >= 0.3 is 0 Å². The molecule has 3 aromatic rings. The molecule has 3 N–H and O–H groups in total. The Morgan fingerprint density at radius 1 is 1.26 bits per heavy atom. The molecule has 0 unspecified atom stereocenters. The summed E-state index contributed by atoms with van der Waals surface area (Å²) in [5.74, 6) is 0.901. The smallest absolute Gasteiger partial charge is 0.207 e. The van der Waals surface area contributed by atoms with Gasteiger partial charge < -0.3 is 15.6 Å². The number of benzene rings is 1. The number of hydrogen-bond donors (Lipinski definition) is 2. The molecule has 122 valence electrons. The Kier molecular flexibility index (Phi) is 4.63. The van der Waals surface area contributed by atoms with Crippen LogP contribution in [0.25, 0.3) is 22.6 Å². The van der Waals surface area contributed by atoms with Crippen LogP contribution in [0.4, 0.5) is 5.82 Å². The number of carbonyl (C=O) groups excluding carboxylic acids is 1. The van der Waals surface area contributed by atoms with E-state index in [0.29, 0.717) is 17.9 Å². The number of para-hydroxylation sites is 2. The van der Waals surface area contributed by atoms with Crippen LogP contribution in [0.5, 0.6) is 0 Å². The van der Waals surface area contributed by atoms with Crippen LogP contribution in [-0.4, -0.2) is 31.8 Å². The number of anilines is 1. The molecule has 23 heavy (non-hydrogen) atoms. The third-order valence-corrected chi connectivity index (χ3v) is 3.00. The predicted molar refractivity (Wildman–Crippen MR) is 87.4 cm³/mol. The van der Waals surface area contributed by atoms with Gasteiger partial charge in [-0.05, 0) is 43.2 Å². The fourth-order valence-corrected chi connectivity index (χ4v) is 1.88. The zero-order chi connectivity index (χ0) is 17.0. The summed E-state index contributed by atoms with van der Waals surface area (Å²) in [6.45, 7) is 5.80. The van der Waals surface area contributed by atoms with Crippen molar-refractivity contribution >= 4 is 23.3 Å². The number of rotatable bonds is 2. The first-order valence-electron chi connectivity index (χ1n) is 7.04. The molecule has 0 fully saturated rings. The highest BCUT2D eigenvalue weighted by atomic mass is 16.6. The van der Waals surface area contributed by atoms with Crippen molar-refractivity contribution in [3.05, 3.63) is 24.3 Å². The number of nitrogens with one attached hydrogen (secondary N) is 1. The maximum absolute atomic E-state index is 9.71. The van der Waals surface area contributed by atoms with Gasteiger partial charge in [-0.2, -0.15) is 0 Å². The van der Waals surface area contributed by atoms with Gasteiger partial charge in [-0.3, -0.25) is 4.79 Å². The van der Waals surface area contributed by atoms with Crippen molar-refractivity contribution in [3.63, 3.8) is 0 Å². The van der Waals surface area contributed by atoms with Crippen molar-refractivity contribution in [2.24, 2.45) is 7.05 Å². The van der Waals surface area contributed by atoms with E-state index in [1.54, 1.807) is 0 Å². The average Bonchev–Trinajstić information content (AvgIpc) is 3.03. The lowest BCUT2D eigenvalue weighted by molar-refractivity contribution is -0.110. The molecular weight excluding hydrogens is 296 g/mol. The maximum atomic E-state index is 9.71. The van der Waals surface area contributed by atoms with Gasteiger partial charge in [0.25, 0.3) is 0 Å². The van der Waals surface area contributed by atoms with Gasteiger partial charge in [0, 0.05) is 12.6 Å². The van der Waals surface area contributed by atoms with E-state index in [9.17, 15) is 4.79 Å². The average molecular weight is 316 g/mol. The number of nitrogens with two attached hydrogens (primary N) is 1. The summed E-state index contributed by atoms with van der Waals surface area (Å²) in [5, 5.41) is 9.89.